The Hall–Kier alpha value is 0.100. The Labute approximate surface area is 142 Å². The number of nitrogens with zero attached hydrogens (tertiary/aromatic N) is 1. The average molecular weight is 373 g/mol. The molecule has 1 aliphatic rings. The van der Waals surface area contributed by atoms with Crippen LogP contribution in [0.3, 0.4) is 0 Å². The molecule has 0 amide bonds. The molecule has 1 saturated carbocycles. The van der Waals surface area contributed by atoms with Crippen molar-refractivity contribution in [2.75, 3.05) is 20.1 Å². The summed E-state index contributed by atoms with van der Waals surface area (Å²) in [5.74, 6) is 0.811. The molecule has 0 spiro atoms. The first kappa shape index (κ1) is 17.5. The fraction of sp³-hybridized carbons (Fsp3) is 0.765. The second kappa shape index (κ2) is 9.29. The van der Waals surface area contributed by atoms with Gasteiger partial charge in [0.2, 0.25) is 0 Å². The zero-order chi connectivity index (χ0) is 15.1. The van der Waals surface area contributed by atoms with Crippen LogP contribution in [0.25, 0.3) is 0 Å². The van der Waals surface area contributed by atoms with Crippen LogP contribution >= 0.6 is 27.3 Å². The van der Waals surface area contributed by atoms with E-state index in [2.05, 4.69) is 51.6 Å². The molecule has 21 heavy (non-hydrogen) atoms. The standard InChI is InChI=1S/C17H29BrN2S/c1-3-9-19-16-8-6-4-5-7-15(16)12-20(2)11-14-10-17(18)21-13-14/h10,13,15-16,19H,3-9,11-12H2,1-2H3. The van der Waals surface area contributed by atoms with Gasteiger partial charge in [0.25, 0.3) is 0 Å². The molecule has 0 saturated heterocycles. The van der Waals surface area contributed by atoms with Gasteiger partial charge in [0.15, 0.2) is 0 Å². The van der Waals surface area contributed by atoms with Crippen LogP contribution in [0.1, 0.15) is 51.0 Å². The maximum absolute atomic E-state index is 3.80. The van der Waals surface area contributed by atoms with Crippen LogP contribution < -0.4 is 5.32 Å². The second-order valence-electron chi connectivity index (χ2n) is 6.41. The Bertz CT molecular complexity index is 407. The largest absolute Gasteiger partial charge is 0.314 e. The Morgan fingerprint density at radius 3 is 2.86 bits per heavy atom. The number of thiophene rings is 1. The number of hydrogen-bond acceptors (Lipinski definition) is 3. The monoisotopic (exact) mass is 372 g/mol. The van der Waals surface area contributed by atoms with Crippen LogP contribution in [-0.2, 0) is 6.54 Å². The van der Waals surface area contributed by atoms with Crippen molar-refractivity contribution in [1.29, 1.82) is 0 Å². The van der Waals surface area contributed by atoms with E-state index in [0.29, 0.717) is 0 Å². The molecule has 4 heteroatoms. The molecule has 2 atom stereocenters. The molecule has 1 fully saturated rings. The molecule has 0 bridgehead atoms. The van der Waals surface area contributed by atoms with E-state index in [-0.39, 0.29) is 0 Å². The highest BCUT2D eigenvalue weighted by Gasteiger charge is 2.24. The molecule has 1 aromatic rings. The van der Waals surface area contributed by atoms with Gasteiger partial charge in [-0.05, 0) is 71.7 Å². The molecule has 0 aliphatic heterocycles. The lowest BCUT2D eigenvalue weighted by molar-refractivity contribution is 0.219. The normalized spacial score (nSPS) is 23.4. The minimum Gasteiger partial charge on any atom is -0.314 e. The molecule has 1 N–H and O–H groups in total. The van der Waals surface area contributed by atoms with E-state index < -0.39 is 0 Å². The lowest BCUT2D eigenvalue weighted by atomic mass is 9.94. The van der Waals surface area contributed by atoms with Crippen molar-refractivity contribution in [3.63, 3.8) is 0 Å². The van der Waals surface area contributed by atoms with E-state index in [4.69, 9.17) is 0 Å². The topological polar surface area (TPSA) is 15.3 Å². The van der Waals surface area contributed by atoms with Gasteiger partial charge >= 0.3 is 0 Å². The Balaban J connectivity index is 1.87. The molecule has 2 rings (SSSR count). The van der Waals surface area contributed by atoms with E-state index in [1.165, 1.54) is 61.0 Å². The minimum absolute atomic E-state index is 0.726. The van der Waals surface area contributed by atoms with Gasteiger partial charge in [0.05, 0.1) is 3.79 Å². The summed E-state index contributed by atoms with van der Waals surface area (Å²) in [6.45, 7) is 5.72. The van der Waals surface area contributed by atoms with Gasteiger partial charge in [-0.1, -0.05) is 26.2 Å². The maximum atomic E-state index is 3.80. The summed E-state index contributed by atoms with van der Waals surface area (Å²) in [6.07, 6.45) is 8.22. The van der Waals surface area contributed by atoms with E-state index in [9.17, 15) is 0 Å². The van der Waals surface area contributed by atoms with Crippen LogP contribution in [0.15, 0.2) is 15.2 Å². The average Bonchev–Trinajstić information content (AvgIpc) is 2.73. The van der Waals surface area contributed by atoms with E-state index in [1.807, 2.05) is 0 Å². The first-order valence-electron chi connectivity index (χ1n) is 8.34. The predicted octanol–water partition coefficient (Wildman–Crippen LogP) is 4.89. The van der Waals surface area contributed by atoms with Crippen LogP contribution in [0.4, 0.5) is 0 Å². The summed E-state index contributed by atoms with van der Waals surface area (Å²) in [6, 6.07) is 2.98. The summed E-state index contributed by atoms with van der Waals surface area (Å²) in [5.41, 5.74) is 1.43. The fourth-order valence-electron chi connectivity index (χ4n) is 3.41. The smallest absolute Gasteiger partial charge is 0.0701 e. The van der Waals surface area contributed by atoms with Gasteiger partial charge < -0.3 is 10.2 Å². The molecular formula is C17H29BrN2S. The van der Waals surface area contributed by atoms with Crippen molar-refractivity contribution in [2.24, 2.45) is 5.92 Å². The molecule has 120 valence electrons. The van der Waals surface area contributed by atoms with Crippen molar-refractivity contribution >= 4 is 27.3 Å². The van der Waals surface area contributed by atoms with Gasteiger partial charge in [-0.2, -0.15) is 0 Å². The lowest BCUT2D eigenvalue weighted by Crippen LogP contribution is -2.41. The molecule has 1 aliphatic carbocycles. The Kier molecular flexibility index (Phi) is 7.72. The second-order valence-corrected chi connectivity index (χ2v) is 8.70. The van der Waals surface area contributed by atoms with Gasteiger partial charge in [-0.3, -0.25) is 0 Å². The highest BCUT2D eigenvalue weighted by atomic mass is 79.9. The molecular weight excluding hydrogens is 344 g/mol. The third-order valence-corrected chi connectivity index (χ3v) is 5.99. The van der Waals surface area contributed by atoms with Crippen LogP contribution in [-0.4, -0.2) is 31.1 Å². The van der Waals surface area contributed by atoms with Crippen LogP contribution in [0.2, 0.25) is 0 Å². The van der Waals surface area contributed by atoms with E-state index >= 15 is 0 Å². The lowest BCUT2D eigenvalue weighted by Gasteiger charge is -2.30. The van der Waals surface area contributed by atoms with E-state index in [0.717, 1.165) is 18.5 Å². The summed E-state index contributed by atoms with van der Waals surface area (Å²) in [4.78, 5) is 2.51. The van der Waals surface area contributed by atoms with Gasteiger partial charge in [0, 0.05) is 19.1 Å². The molecule has 0 radical (unpaired) electrons. The van der Waals surface area contributed by atoms with Crippen molar-refractivity contribution in [3.8, 4) is 0 Å². The number of nitrogens with one attached hydrogen (secondary N) is 1. The van der Waals surface area contributed by atoms with Crippen molar-refractivity contribution in [2.45, 2.75) is 58.0 Å². The van der Waals surface area contributed by atoms with Gasteiger partial charge in [-0.25, -0.2) is 0 Å². The van der Waals surface area contributed by atoms with Gasteiger partial charge in [-0.15, -0.1) is 11.3 Å². The van der Waals surface area contributed by atoms with Crippen molar-refractivity contribution < 1.29 is 0 Å². The number of halogens is 1. The first-order chi connectivity index (χ1) is 10.2. The fourth-order valence-corrected chi connectivity index (χ4v) is 4.61. The zero-order valence-corrected chi connectivity index (χ0v) is 15.8. The summed E-state index contributed by atoms with van der Waals surface area (Å²) < 4.78 is 1.24. The van der Waals surface area contributed by atoms with Crippen LogP contribution in [0, 0.1) is 5.92 Å². The quantitative estimate of drug-likeness (QED) is 0.685. The molecule has 2 nitrogen and oxygen atoms in total. The molecule has 0 aromatic carbocycles. The van der Waals surface area contributed by atoms with Crippen LogP contribution in [0.5, 0.6) is 0 Å². The van der Waals surface area contributed by atoms with Crippen molar-refractivity contribution in [3.05, 3.63) is 20.8 Å². The summed E-state index contributed by atoms with van der Waals surface area (Å²) in [7, 11) is 2.27. The Morgan fingerprint density at radius 2 is 2.14 bits per heavy atom. The number of hydrogen-bond donors (Lipinski definition) is 1. The van der Waals surface area contributed by atoms with Crippen molar-refractivity contribution in [1.82, 2.24) is 10.2 Å². The first-order valence-corrected chi connectivity index (χ1v) is 10.0. The van der Waals surface area contributed by atoms with Gasteiger partial charge in [0.1, 0.15) is 0 Å². The molecule has 1 aromatic heterocycles. The maximum Gasteiger partial charge on any atom is 0.0701 e. The molecule has 2 unspecified atom stereocenters. The summed E-state index contributed by atoms with van der Waals surface area (Å²) >= 11 is 5.34. The molecule has 1 heterocycles. The Morgan fingerprint density at radius 1 is 1.33 bits per heavy atom. The minimum atomic E-state index is 0.726. The number of rotatable bonds is 7. The highest BCUT2D eigenvalue weighted by Crippen LogP contribution is 2.26. The predicted molar refractivity (Wildman–Crippen MR) is 97.0 cm³/mol. The zero-order valence-electron chi connectivity index (χ0n) is 13.4. The third kappa shape index (κ3) is 6.01. The van der Waals surface area contributed by atoms with E-state index in [1.54, 1.807) is 11.3 Å². The highest BCUT2D eigenvalue weighted by molar-refractivity contribution is 9.11. The summed E-state index contributed by atoms with van der Waals surface area (Å²) in [5, 5.41) is 6.07. The SMILES string of the molecule is CCCNC1CCCCCC1CN(C)Cc1csc(Br)c1. The third-order valence-electron chi connectivity index (χ3n) is 4.44.